The van der Waals surface area contributed by atoms with Gasteiger partial charge in [-0.25, -0.2) is 13.8 Å². The van der Waals surface area contributed by atoms with Crippen LogP contribution in [0.5, 0.6) is 11.5 Å². The Morgan fingerprint density at radius 1 is 1.20 bits per heavy atom. The maximum atomic E-state index is 12.3. The van der Waals surface area contributed by atoms with Gasteiger partial charge >= 0.3 is 0 Å². The van der Waals surface area contributed by atoms with Crippen LogP contribution in [0.1, 0.15) is 12.5 Å². The number of hydrazone groups is 1. The van der Waals surface area contributed by atoms with Crippen molar-refractivity contribution in [2.75, 3.05) is 30.3 Å². The number of benzene rings is 2. The first-order chi connectivity index (χ1) is 14.3. The summed E-state index contributed by atoms with van der Waals surface area (Å²) in [6.07, 6.45) is 4.11. The summed E-state index contributed by atoms with van der Waals surface area (Å²) in [4.78, 5) is 12.3. The van der Waals surface area contributed by atoms with E-state index in [1.54, 1.807) is 61.5 Å². The standard InChI is InChI=1S/C21H25N3O5S/c1-4-13-29-18-10-8-9-17(14-18)15-22-23-21(25)16-24(30(3,26)27)19-11-6-7-12-20(19)28-5-2/h4,6-12,14-15H,1,5,13,16H2,2-3H3,(H,23,25)/b22-15-. The van der Waals surface area contributed by atoms with Crippen LogP contribution in [0.2, 0.25) is 0 Å². The van der Waals surface area contributed by atoms with Crippen molar-refractivity contribution in [1.29, 1.82) is 0 Å². The van der Waals surface area contributed by atoms with Gasteiger partial charge in [0.1, 0.15) is 24.7 Å². The van der Waals surface area contributed by atoms with Crippen LogP contribution in [0.3, 0.4) is 0 Å². The normalized spacial score (nSPS) is 11.1. The molecule has 160 valence electrons. The molecule has 1 amide bonds. The lowest BCUT2D eigenvalue weighted by molar-refractivity contribution is -0.119. The molecule has 0 fully saturated rings. The summed E-state index contributed by atoms with van der Waals surface area (Å²) in [5.74, 6) is 0.418. The molecule has 0 spiro atoms. The van der Waals surface area contributed by atoms with Gasteiger partial charge in [-0.15, -0.1) is 0 Å². The molecule has 8 nitrogen and oxygen atoms in total. The number of hydrogen-bond donors (Lipinski definition) is 1. The molecule has 0 heterocycles. The zero-order valence-corrected chi connectivity index (χ0v) is 17.8. The Morgan fingerprint density at radius 3 is 2.67 bits per heavy atom. The van der Waals surface area contributed by atoms with Crippen molar-refractivity contribution >= 4 is 27.8 Å². The summed E-state index contributed by atoms with van der Waals surface area (Å²) < 4.78 is 36.5. The zero-order valence-electron chi connectivity index (χ0n) is 16.9. The number of nitrogens with zero attached hydrogens (tertiary/aromatic N) is 2. The number of anilines is 1. The molecule has 9 heteroatoms. The van der Waals surface area contributed by atoms with E-state index in [0.717, 1.165) is 10.6 Å². The van der Waals surface area contributed by atoms with Crippen molar-refractivity contribution < 1.29 is 22.7 Å². The highest BCUT2D eigenvalue weighted by Gasteiger charge is 2.23. The van der Waals surface area contributed by atoms with Crippen LogP contribution in [-0.4, -0.2) is 46.6 Å². The second kappa shape index (κ2) is 11.0. The second-order valence-corrected chi connectivity index (χ2v) is 8.04. The second-order valence-electron chi connectivity index (χ2n) is 6.14. The van der Waals surface area contributed by atoms with Crippen LogP contribution >= 0.6 is 0 Å². The Bertz CT molecular complexity index is 1010. The van der Waals surface area contributed by atoms with E-state index in [-0.39, 0.29) is 5.69 Å². The topological polar surface area (TPSA) is 97.3 Å². The average Bonchev–Trinajstić information content (AvgIpc) is 2.71. The predicted molar refractivity (Wildman–Crippen MR) is 118 cm³/mol. The number of amides is 1. The molecule has 2 rings (SSSR count). The van der Waals surface area contributed by atoms with E-state index in [2.05, 4.69) is 17.1 Å². The molecule has 0 unspecified atom stereocenters. The van der Waals surface area contributed by atoms with Gasteiger partial charge in [-0.1, -0.05) is 36.9 Å². The van der Waals surface area contributed by atoms with Crippen molar-refractivity contribution in [2.45, 2.75) is 6.92 Å². The first kappa shape index (κ1) is 23.0. The summed E-state index contributed by atoms with van der Waals surface area (Å²) in [6.45, 7) is 5.68. The highest BCUT2D eigenvalue weighted by Crippen LogP contribution is 2.29. The SMILES string of the molecule is C=CCOc1cccc(/C=N\NC(=O)CN(c2ccccc2OCC)S(C)(=O)=O)c1. The van der Waals surface area contributed by atoms with E-state index in [1.807, 2.05) is 0 Å². The van der Waals surface area contributed by atoms with Gasteiger partial charge in [-0.3, -0.25) is 9.10 Å². The number of carbonyl (C=O) groups is 1. The molecule has 0 bridgehead atoms. The molecular weight excluding hydrogens is 406 g/mol. The lowest BCUT2D eigenvalue weighted by Gasteiger charge is -2.23. The first-order valence-electron chi connectivity index (χ1n) is 9.20. The van der Waals surface area contributed by atoms with Gasteiger partial charge in [-0.05, 0) is 36.8 Å². The van der Waals surface area contributed by atoms with Crippen LogP contribution < -0.4 is 19.2 Å². The van der Waals surface area contributed by atoms with Crippen molar-refractivity contribution in [1.82, 2.24) is 5.43 Å². The van der Waals surface area contributed by atoms with E-state index < -0.39 is 22.5 Å². The molecule has 0 saturated carbocycles. The summed E-state index contributed by atoms with van der Waals surface area (Å²) in [5, 5.41) is 3.90. The maximum absolute atomic E-state index is 12.3. The van der Waals surface area contributed by atoms with Gasteiger partial charge in [0.25, 0.3) is 5.91 Å². The monoisotopic (exact) mass is 431 g/mol. The minimum Gasteiger partial charge on any atom is -0.492 e. The summed E-state index contributed by atoms with van der Waals surface area (Å²) in [6, 6.07) is 13.8. The third-order valence-corrected chi connectivity index (χ3v) is 4.88. The molecular formula is C21H25N3O5S. The summed E-state index contributed by atoms with van der Waals surface area (Å²) >= 11 is 0. The highest BCUT2D eigenvalue weighted by molar-refractivity contribution is 7.92. The summed E-state index contributed by atoms with van der Waals surface area (Å²) in [5.41, 5.74) is 3.34. The molecule has 0 radical (unpaired) electrons. The quantitative estimate of drug-likeness (QED) is 0.335. The number of sulfonamides is 1. The van der Waals surface area contributed by atoms with Gasteiger partial charge in [0, 0.05) is 0 Å². The maximum Gasteiger partial charge on any atom is 0.260 e. The van der Waals surface area contributed by atoms with E-state index >= 15 is 0 Å². The van der Waals surface area contributed by atoms with E-state index in [0.29, 0.717) is 30.3 Å². The van der Waals surface area contributed by atoms with Gasteiger partial charge < -0.3 is 9.47 Å². The smallest absolute Gasteiger partial charge is 0.260 e. The lowest BCUT2D eigenvalue weighted by Crippen LogP contribution is -2.39. The van der Waals surface area contributed by atoms with E-state index in [9.17, 15) is 13.2 Å². The molecule has 0 aliphatic heterocycles. The van der Waals surface area contributed by atoms with Crippen LogP contribution in [0.25, 0.3) is 0 Å². The molecule has 2 aromatic carbocycles. The zero-order chi connectivity index (χ0) is 22.0. The molecule has 1 N–H and O–H groups in total. The fraction of sp³-hybridized carbons (Fsp3) is 0.238. The highest BCUT2D eigenvalue weighted by atomic mass is 32.2. The van der Waals surface area contributed by atoms with Gasteiger partial charge in [0.05, 0.1) is 24.8 Å². The number of carbonyl (C=O) groups excluding carboxylic acids is 1. The fourth-order valence-electron chi connectivity index (χ4n) is 2.51. The Morgan fingerprint density at radius 2 is 1.97 bits per heavy atom. The number of nitrogens with one attached hydrogen (secondary N) is 1. The Labute approximate surface area is 176 Å². The average molecular weight is 432 g/mol. The van der Waals surface area contributed by atoms with Crippen LogP contribution in [-0.2, 0) is 14.8 Å². The molecule has 2 aromatic rings. The van der Waals surface area contributed by atoms with Crippen LogP contribution in [0.4, 0.5) is 5.69 Å². The molecule has 0 aromatic heterocycles. The minimum atomic E-state index is -3.73. The molecule has 0 saturated heterocycles. The fourth-order valence-corrected chi connectivity index (χ4v) is 3.37. The number of para-hydroxylation sites is 2. The van der Waals surface area contributed by atoms with E-state index in [4.69, 9.17) is 9.47 Å². The summed E-state index contributed by atoms with van der Waals surface area (Å²) in [7, 11) is -3.73. The van der Waals surface area contributed by atoms with Crippen molar-refractivity contribution in [2.24, 2.45) is 5.10 Å². The van der Waals surface area contributed by atoms with Crippen LogP contribution in [0.15, 0.2) is 66.3 Å². The number of ether oxygens (including phenoxy) is 2. The molecule has 0 atom stereocenters. The lowest BCUT2D eigenvalue weighted by atomic mass is 10.2. The minimum absolute atomic E-state index is 0.285. The third kappa shape index (κ3) is 6.93. The Kier molecular flexibility index (Phi) is 8.42. The van der Waals surface area contributed by atoms with Crippen molar-refractivity contribution in [3.8, 4) is 11.5 Å². The largest absolute Gasteiger partial charge is 0.492 e. The molecule has 0 aliphatic carbocycles. The predicted octanol–water partition coefficient (Wildman–Crippen LogP) is 2.57. The Hall–Kier alpha value is -3.33. The van der Waals surface area contributed by atoms with Crippen molar-refractivity contribution in [3.63, 3.8) is 0 Å². The van der Waals surface area contributed by atoms with E-state index in [1.165, 1.54) is 6.21 Å². The third-order valence-electron chi connectivity index (χ3n) is 3.75. The number of hydrogen-bond acceptors (Lipinski definition) is 6. The van der Waals surface area contributed by atoms with Crippen LogP contribution in [0, 0.1) is 0 Å². The van der Waals surface area contributed by atoms with Gasteiger partial charge in [0.15, 0.2) is 0 Å². The van der Waals surface area contributed by atoms with Gasteiger partial charge in [-0.2, -0.15) is 5.10 Å². The van der Waals surface area contributed by atoms with Gasteiger partial charge in [0.2, 0.25) is 10.0 Å². The molecule has 0 aliphatic rings. The molecule has 30 heavy (non-hydrogen) atoms. The Balaban J connectivity index is 2.09. The number of rotatable bonds is 11. The van der Waals surface area contributed by atoms with Crippen molar-refractivity contribution in [3.05, 3.63) is 66.7 Å². The first-order valence-corrected chi connectivity index (χ1v) is 11.0.